The molecule has 1 aliphatic rings. The number of halogens is 3. The highest BCUT2D eigenvalue weighted by Crippen LogP contribution is 2.31. The first-order chi connectivity index (χ1) is 11.8. The largest absolute Gasteiger partial charge is 0.416 e. The van der Waals surface area contributed by atoms with Crippen LogP contribution in [0.15, 0.2) is 59.5 Å². The monoisotopic (exact) mass is 370 g/mol. The van der Waals surface area contributed by atoms with Crippen LogP contribution in [0.3, 0.4) is 0 Å². The Morgan fingerprint density at radius 1 is 1.04 bits per heavy atom. The van der Waals surface area contributed by atoms with Crippen LogP contribution in [0, 0.1) is 0 Å². The number of nitrogens with zero attached hydrogens (tertiary/aromatic N) is 1. The van der Waals surface area contributed by atoms with Crippen LogP contribution in [0.2, 0.25) is 0 Å². The highest BCUT2D eigenvalue weighted by Gasteiger charge is 2.35. The highest BCUT2D eigenvalue weighted by molar-refractivity contribution is 7.89. The third kappa shape index (κ3) is 3.96. The Morgan fingerprint density at radius 3 is 2.44 bits per heavy atom. The van der Waals surface area contributed by atoms with E-state index in [1.165, 1.54) is 10.4 Å². The topological polar surface area (TPSA) is 49.4 Å². The van der Waals surface area contributed by atoms with Gasteiger partial charge in [-0.05, 0) is 36.8 Å². The van der Waals surface area contributed by atoms with Crippen molar-refractivity contribution in [3.63, 3.8) is 0 Å². The Hall–Kier alpha value is -2.06. The molecule has 1 unspecified atom stereocenters. The molecule has 134 valence electrons. The molecule has 0 bridgehead atoms. The van der Waals surface area contributed by atoms with E-state index in [9.17, 15) is 21.6 Å². The summed E-state index contributed by atoms with van der Waals surface area (Å²) in [6.45, 7) is 0.483. The molecule has 25 heavy (non-hydrogen) atoms. The van der Waals surface area contributed by atoms with E-state index in [1.807, 2.05) is 30.3 Å². The van der Waals surface area contributed by atoms with Crippen LogP contribution < -0.4 is 5.32 Å². The number of rotatable bonds is 4. The van der Waals surface area contributed by atoms with Crippen molar-refractivity contribution >= 4 is 15.7 Å². The zero-order valence-corrected chi connectivity index (χ0v) is 14.0. The lowest BCUT2D eigenvalue weighted by molar-refractivity contribution is -0.137. The minimum Gasteiger partial charge on any atom is -0.381 e. The van der Waals surface area contributed by atoms with Gasteiger partial charge in [0.25, 0.3) is 0 Å². The standard InChI is InChI=1S/C17H17F3N2O2S/c18-17(19,20)13-5-4-8-16(11-13)25(23,24)22-10-9-15(12-22)21-14-6-2-1-3-7-14/h1-8,11,15,21H,9-10,12H2. The van der Waals surface area contributed by atoms with E-state index in [1.54, 1.807) is 0 Å². The van der Waals surface area contributed by atoms with Gasteiger partial charge in [-0.2, -0.15) is 17.5 Å². The van der Waals surface area contributed by atoms with Crippen molar-refractivity contribution in [3.05, 3.63) is 60.2 Å². The molecular formula is C17H17F3N2O2S. The molecule has 1 fully saturated rings. The Morgan fingerprint density at radius 2 is 1.76 bits per heavy atom. The number of para-hydroxylation sites is 1. The summed E-state index contributed by atoms with van der Waals surface area (Å²) in [7, 11) is -3.95. The SMILES string of the molecule is O=S(=O)(c1cccc(C(F)(F)F)c1)N1CCC(Nc2ccccc2)C1. The van der Waals surface area contributed by atoms with Crippen LogP contribution in [0.4, 0.5) is 18.9 Å². The molecule has 4 nitrogen and oxygen atoms in total. The summed E-state index contributed by atoms with van der Waals surface area (Å²) in [5.41, 5.74) is -0.0856. The summed E-state index contributed by atoms with van der Waals surface area (Å²) in [5, 5.41) is 3.24. The summed E-state index contributed by atoms with van der Waals surface area (Å²) in [6.07, 6.45) is -3.99. The van der Waals surface area contributed by atoms with E-state index < -0.39 is 21.8 Å². The first kappa shape index (κ1) is 17.8. The van der Waals surface area contributed by atoms with Crippen molar-refractivity contribution in [2.75, 3.05) is 18.4 Å². The summed E-state index contributed by atoms with van der Waals surface area (Å²) >= 11 is 0. The second-order valence-corrected chi connectivity index (χ2v) is 7.82. The van der Waals surface area contributed by atoms with Gasteiger partial charge in [-0.25, -0.2) is 8.42 Å². The quantitative estimate of drug-likeness (QED) is 0.895. The lowest BCUT2D eigenvalue weighted by Gasteiger charge is -2.18. The minimum atomic E-state index is -4.58. The maximum Gasteiger partial charge on any atom is 0.416 e. The van der Waals surface area contributed by atoms with Crippen LogP contribution >= 0.6 is 0 Å². The van der Waals surface area contributed by atoms with Gasteiger partial charge in [-0.15, -0.1) is 0 Å². The lowest BCUT2D eigenvalue weighted by atomic mass is 10.2. The van der Waals surface area contributed by atoms with Crippen LogP contribution in [0.25, 0.3) is 0 Å². The van der Waals surface area contributed by atoms with Crippen LogP contribution in [-0.4, -0.2) is 31.9 Å². The van der Waals surface area contributed by atoms with Crippen LogP contribution in [0.1, 0.15) is 12.0 Å². The van der Waals surface area contributed by atoms with Crippen molar-refractivity contribution in [1.82, 2.24) is 4.31 Å². The van der Waals surface area contributed by atoms with Gasteiger partial charge in [-0.3, -0.25) is 0 Å². The number of anilines is 1. The number of hydrogen-bond acceptors (Lipinski definition) is 3. The van der Waals surface area contributed by atoms with Crippen LogP contribution in [0.5, 0.6) is 0 Å². The normalized spacial score (nSPS) is 19.1. The number of benzene rings is 2. The fourth-order valence-corrected chi connectivity index (χ4v) is 4.36. The van der Waals surface area contributed by atoms with Gasteiger partial charge in [0.15, 0.2) is 0 Å². The molecule has 1 atom stereocenters. The number of alkyl halides is 3. The Bertz CT molecular complexity index is 838. The number of hydrogen-bond donors (Lipinski definition) is 1. The van der Waals surface area contributed by atoms with Crippen molar-refractivity contribution in [2.45, 2.75) is 23.5 Å². The molecule has 0 saturated carbocycles. The van der Waals surface area contributed by atoms with Gasteiger partial charge in [0.2, 0.25) is 10.0 Å². The fourth-order valence-electron chi connectivity index (χ4n) is 2.82. The summed E-state index contributed by atoms with van der Waals surface area (Å²) < 4.78 is 65.0. The predicted octanol–water partition coefficient (Wildman–Crippen LogP) is 3.58. The van der Waals surface area contributed by atoms with Gasteiger partial charge in [0, 0.05) is 24.8 Å². The lowest BCUT2D eigenvalue weighted by Crippen LogP contribution is -2.31. The van der Waals surface area contributed by atoms with E-state index in [4.69, 9.17) is 0 Å². The van der Waals surface area contributed by atoms with Crippen molar-refractivity contribution in [3.8, 4) is 0 Å². The average Bonchev–Trinajstić information content (AvgIpc) is 3.04. The highest BCUT2D eigenvalue weighted by atomic mass is 32.2. The van der Waals surface area contributed by atoms with Crippen molar-refractivity contribution in [1.29, 1.82) is 0 Å². The van der Waals surface area contributed by atoms with E-state index in [-0.39, 0.29) is 24.0 Å². The molecule has 0 amide bonds. The molecular weight excluding hydrogens is 353 g/mol. The smallest absolute Gasteiger partial charge is 0.381 e. The minimum absolute atomic E-state index is 0.0806. The zero-order chi connectivity index (χ0) is 18.1. The molecule has 0 aliphatic carbocycles. The summed E-state index contributed by atoms with van der Waals surface area (Å²) in [6, 6.07) is 13.2. The molecule has 1 saturated heterocycles. The first-order valence-corrected chi connectivity index (χ1v) is 9.20. The molecule has 3 rings (SSSR count). The summed E-state index contributed by atoms with van der Waals surface area (Å²) in [5.74, 6) is 0. The van der Waals surface area contributed by atoms with E-state index >= 15 is 0 Å². The number of nitrogens with one attached hydrogen (secondary N) is 1. The van der Waals surface area contributed by atoms with Gasteiger partial charge >= 0.3 is 6.18 Å². The first-order valence-electron chi connectivity index (χ1n) is 7.76. The van der Waals surface area contributed by atoms with Gasteiger partial charge < -0.3 is 5.32 Å². The summed E-state index contributed by atoms with van der Waals surface area (Å²) in [4.78, 5) is -0.331. The molecule has 8 heteroatoms. The van der Waals surface area contributed by atoms with Gasteiger partial charge in [-0.1, -0.05) is 24.3 Å². The fraction of sp³-hybridized carbons (Fsp3) is 0.294. The molecule has 2 aromatic carbocycles. The molecule has 2 aromatic rings. The Labute approximate surface area is 144 Å². The molecule has 1 aliphatic heterocycles. The maximum atomic E-state index is 12.8. The molecule has 0 spiro atoms. The van der Waals surface area contributed by atoms with Crippen molar-refractivity contribution < 1.29 is 21.6 Å². The second kappa shape index (κ2) is 6.68. The second-order valence-electron chi connectivity index (χ2n) is 5.88. The van der Waals surface area contributed by atoms with E-state index in [0.29, 0.717) is 12.5 Å². The van der Waals surface area contributed by atoms with E-state index in [0.717, 1.165) is 17.8 Å². The van der Waals surface area contributed by atoms with Gasteiger partial charge in [0.1, 0.15) is 0 Å². The molecule has 0 aromatic heterocycles. The van der Waals surface area contributed by atoms with Crippen LogP contribution in [-0.2, 0) is 16.2 Å². The Balaban J connectivity index is 1.75. The molecule has 1 N–H and O–H groups in total. The molecule has 0 radical (unpaired) electrons. The maximum absolute atomic E-state index is 12.8. The molecule has 1 heterocycles. The predicted molar refractivity (Wildman–Crippen MR) is 88.7 cm³/mol. The number of sulfonamides is 1. The zero-order valence-electron chi connectivity index (χ0n) is 13.2. The van der Waals surface area contributed by atoms with Gasteiger partial charge in [0.05, 0.1) is 10.5 Å². The Kier molecular flexibility index (Phi) is 4.75. The third-order valence-corrected chi connectivity index (χ3v) is 5.96. The van der Waals surface area contributed by atoms with Crippen molar-refractivity contribution in [2.24, 2.45) is 0 Å². The average molecular weight is 370 g/mol. The van der Waals surface area contributed by atoms with E-state index in [2.05, 4.69) is 5.32 Å². The third-order valence-electron chi connectivity index (χ3n) is 4.09.